The lowest BCUT2D eigenvalue weighted by atomic mass is 9.81. The molecule has 0 aromatic carbocycles. The molecule has 1 saturated heterocycles. The number of hydrogen-bond donors (Lipinski definition) is 1. The predicted octanol–water partition coefficient (Wildman–Crippen LogP) is 2.51. The summed E-state index contributed by atoms with van der Waals surface area (Å²) in [5.74, 6) is 0.739. The molecule has 32 heavy (non-hydrogen) atoms. The van der Waals surface area contributed by atoms with Gasteiger partial charge in [-0.3, -0.25) is 4.79 Å². The highest BCUT2D eigenvalue weighted by Crippen LogP contribution is 2.39. The van der Waals surface area contributed by atoms with Gasteiger partial charge in [0, 0.05) is 24.3 Å². The van der Waals surface area contributed by atoms with Crippen molar-refractivity contribution in [1.29, 1.82) is 0 Å². The van der Waals surface area contributed by atoms with Crippen LogP contribution in [0.1, 0.15) is 69.4 Å². The minimum absolute atomic E-state index is 0.111. The first-order valence-electron chi connectivity index (χ1n) is 11.8. The third-order valence-electron chi connectivity index (χ3n) is 7.12. The van der Waals surface area contributed by atoms with Gasteiger partial charge in [-0.25, -0.2) is 18.1 Å². The normalized spacial score (nSPS) is 29.4. The van der Waals surface area contributed by atoms with Gasteiger partial charge in [0.25, 0.3) is 5.91 Å². The SMILES string of the molecule is Cc1ccnc2c1[C@H]1CC[C@H](CC1)OC[C@H]1[C@@H](NS(=O)(=O)C(C)C)CCCN1C(=O)CO2. The third kappa shape index (κ3) is 4.94. The van der Waals surface area contributed by atoms with Crippen molar-refractivity contribution < 1.29 is 22.7 Å². The quantitative estimate of drug-likeness (QED) is 0.737. The Balaban J connectivity index is 1.62. The zero-order valence-electron chi connectivity index (χ0n) is 19.2. The monoisotopic (exact) mass is 465 g/mol. The molecule has 1 saturated carbocycles. The Kier molecular flexibility index (Phi) is 7.07. The molecule has 1 aliphatic carbocycles. The highest BCUT2D eigenvalue weighted by atomic mass is 32.2. The van der Waals surface area contributed by atoms with Gasteiger partial charge in [0.15, 0.2) is 6.61 Å². The fourth-order valence-electron chi connectivity index (χ4n) is 5.18. The number of fused-ring (bicyclic) bond motifs is 5. The second-order valence-electron chi connectivity index (χ2n) is 9.56. The first-order chi connectivity index (χ1) is 15.3. The molecule has 5 rings (SSSR count). The van der Waals surface area contributed by atoms with Gasteiger partial charge in [0.2, 0.25) is 15.9 Å². The van der Waals surface area contributed by atoms with Crippen LogP contribution in [0.5, 0.6) is 5.88 Å². The second-order valence-corrected chi connectivity index (χ2v) is 11.8. The minimum atomic E-state index is -3.46. The number of carbonyl (C=O) groups is 1. The van der Waals surface area contributed by atoms with Gasteiger partial charge in [-0.2, -0.15) is 0 Å². The Morgan fingerprint density at radius 2 is 1.94 bits per heavy atom. The van der Waals surface area contributed by atoms with Crippen LogP contribution < -0.4 is 9.46 Å². The highest BCUT2D eigenvalue weighted by molar-refractivity contribution is 7.90. The van der Waals surface area contributed by atoms with Crippen LogP contribution in [0.2, 0.25) is 0 Å². The molecule has 0 spiro atoms. The van der Waals surface area contributed by atoms with Gasteiger partial charge < -0.3 is 14.4 Å². The van der Waals surface area contributed by atoms with E-state index in [1.807, 2.05) is 6.07 Å². The molecule has 4 aliphatic rings. The Hall–Kier alpha value is -1.71. The fourth-order valence-corrected chi connectivity index (χ4v) is 6.15. The number of aromatic nitrogens is 1. The number of aryl methyl sites for hydroxylation is 1. The number of nitrogens with one attached hydrogen (secondary N) is 1. The number of carbonyl (C=O) groups excluding carboxylic acids is 1. The maximum Gasteiger partial charge on any atom is 0.260 e. The van der Waals surface area contributed by atoms with E-state index >= 15 is 0 Å². The van der Waals surface area contributed by atoms with Crippen LogP contribution in [0.25, 0.3) is 0 Å². The molecule has 1 aromatic heterocycles. The Morgan fingerprint density at radius 3 is 2.66 bits per heavy atom. The van der Waals surface area contributed by atoms with Gasteiger partial charge in [0.1, 0.15) is 0 Å². The first-order valence-corrected chi connectivity index (χ1v) is 13.3. The van der Waals surface area contributed by atoms with E-state index in [-0.39, 0.29) is 30.7 Å². The van der Waals surface area contributed by atoms with Gasteiger partial charge in [-0.05, 0) is 76.8 Å². The number of piperidine rings is 1. The number of rotatable bonds is 3. The zero-order chi connectivity index (χ0) is 22.9. The molecule has 8 nitrogen and oxygen atoms in total. The van der Waals surface area contributed by atoms with Crippen molar-refractivity contribution in [2.24, 2.45) is 0 Å². The van der Waals surface area contributed by atoms with Crippen LogP contribution in [-0.4, -0.2) is 67.4 Å². The molecule has 0 radical (unpaired) electrons. The molecule has 9 heteroatoms. The van der Waals surface area contributed by atoms with Crippen LogP contribution in [0.4, 0.5) is 0 Å². The van der Waals surface area contributed by atoms with Crippen LogP contribution >= 0.6 is 0 Å². The highest BCUT2D eigenvalue weighted by Gasteiger charge is 2.39. The summed E-state index contributed by atoms with van der Waals surface area (Å²) in [5, 5.41) is -0.534. The van der Waals surface area contributed by atoms with Crippen LogP contribution in [0, 0.1) is 6.92 Å². The molecule has 1 N–H and O–H groups in total. The lowest BCUT2D eigenvalue weighted by Gasteiger charge is -2.42. The summed E-state index contributed by atoms with van der Waals surface area (Å²) >= 11 is 0. The van der Waals surface area contributed by atoms with Crippen molar-refractivity contribution in [2.75, 3.05) is 19.8 Å². The van der Waals surface area contributed by atoms with E-state index < -0.39 is 15.3 Å². The van der Waals surface area contributed by atoms with E-state index in [2.05, 4.69) is 16.6 Å². The van der Waals surface area contributed by atoms with E-state index in [4.69, 9.17) is 9.47 Å². The van der Waals surface area contributed by atoms with Crippen molar-refractivity contribution in [2.45, 2.75) is 88.7 Å². The molecule has 178 valence electrons. The molecule has 0 unspecified atom stereocenters. The van der Waals surface area contributed by atoms with Crippen LogP contribution in [-0.2, 0) is 19.6 Å². The second kappa shape index (κ2) is 9.65. The number of ether oxygens (including phenoxy) is 2. The summed E-state index contributed by atoms with van der Waals surface area (Å²) < 4.78 is 40.3. The maximum atomic E-state index is 13.2. The zero-order valence-corrected chi connectivity index (χ0v) is 20.1. The predicted molar refractivity (Wildman–Crippen MR) is 121 cm³/mol. The number of sulfonamides is 1. The molecule has 1 amide bonds. The molecule has 2 fully saturated rings. The fraction of sp³-hybridized carbons (Fsp3) is 0.739. The third-order valence-corrected chi connectivity index (χ3v) is 9.00. The average molecular weight is 466 g/mol. The summed E-state index contributed by atoms with van der Waals surface area (Å²) in [6.45, 7) is 6.17. The molecule has 4 heterocycles. The first kappa shape index (κ1) is 23.4. The van der Waals surface area contributed by atoms with Crippen LogP contribution in [0.3, 0.4) is 0 Å². The van der Waals surface area contributed by atoms with Crippen LogP contribution in [0.15, 0.2) is 12.3 Å². The number of nitrogens with zero attached hydrogens (tertiary/aromatic N) is 2. The molecule has 2 atom stereocenters. The smallest absolute Gasteiger partial charge is 0.260 e. The summed E-state index contributed by atoms with van der Waals surface area (Å²) in [7, 11) is -3.46. The van der Waals surface area contributed by atoms with E-state index in [0.717, 1.165) is 43.2 Å². The molecular weight excluding hydrogens is 430 g/mol. The van der Waals surface area contributed by atoms with Gasteiger partial charge in [-0.1, -0.05) is 0 Å². The minimum Gasteiger partial charge on any atom is -0.467 e. The van der Waals surface area contributed by atoms with Gasteiger partial charge >= 0.3 is 0 Å². The van der Waals surface area contributed by atoms with Crippen molar-refractivity contribution in [3.8, 4) is 5.88 Å². The van der Waals surface area contributed by atoms with Crippen molar-refractivity contribution in [3.63, 3.8) is 0 Å². The van der Waals surface area contributed by atoms with Crippen molar-refractivity contribution >= 4 is 15.9 Å². The summed E-state index contributed by atoms with van der Waals surface area (Å²) in [6.07, 6.45) is 7.09. The molecular formula is C23H35N3O5S. The summed E-state index contributed by atoms with van der Waals surface area (Å²) in [6, 6.07) is 1.28. The average Bonchev–Trinajstić information content (AvgIpc) is 2.77. The van der Waals surface area contributed by atoms with Gasteiger partial charge in [-0.15, -0.1) is 0 Å². The summed E-state index contributed by atoms with van der Waals surface area (Å²) in [4.78, 5) is 19.4. The molecule has 2 bridgehead atoms. The van der Waals surface area contributed by atoms with Crippen molar-refractivity contribution in [1.82, 2.24) is 14.6 Å². The molecule has 1 aromatic rings. The van der Waals surface area contributed by atoms with E-state index in [1.165, 1.54) is 0 Å². The standard InChI is InChI=1S/C23H35N3O5S/c1-15(2)32(28,29)25-19-5-4-12-26-20(19)13-30-18-8-6-17(7-9-18)22-16(3)10-11-24-23(22)31-14-21(26)27/h10-11,15,17-20,25H,4-9,12-14H2,1-3H3/t17-,18+,19-,20-/m0/s1. The Morgan fingerprint density at radius 1 is 1.19 bits per heavy atom. The van der Waals surface area contributed by atoms with E-state index in [1.54, 1.807) is 24.9 Å². The summed E-state index contributed by atoms with van der Waals surface area (Å²) in [5.41, 5.74) is 2.25. The molecule has 3 aliphatic heterocycles. The Bertz CT molecular complexity index is 928. The van der Waals surface area contributed by atoms with Crippen molar-refractivity contribution in [3.05, 3.63) is 23.4 Å². The van der Waals surface area contributed by atoms with E-state index in [9.17, 15) is 13.2 Å². The maximum absolute atomic E-state index is 13.2. The lowest BCUT2D eigenvalue weighted by Crippen LogP contribution is -2.60. The number of hydrogen-bond acceptors (Lipinski definition) is 6. The van der Waals surface area contributed by atoms with Gasteiger partial charge in [0.05, 0.1) is 24.0 Å². The largest absolute Gasteiger partial charge is 0.467 e. The van der Waals surface area contributed by atoms with E-state index in [0.29, 0.717) is 31.4 Å². The lowest BCUT2D eigenvalue weighted by molar-refractivity contribution is -0.140. The number of pyridine rings is 1. The number of amides is 1. The topological polar surface area (TPSA) is 97.8 Å². The Labute approximate surface area is 191 Å².